The van der Waals surface area contributed by atoms with E-state index in [1.807, 2.05) is 67.7 Å². The molecule has 3 aromatic rings. The highest BCUT2D eigenvalue weighted by molar-refractivity contribution is 5.93. The molecule has 4 rings (SSSR count). The van der Waals surface area contributed by atoms with Gasteiger partial charge >= 0.3 is 0 Å². The fraction of sp³-hybridized carbons (Fsp3) is 0.333. The summed E-state index contributed by atoms with van der Waals surface area (Å²) in [5.41, 5.74) is 1.92. The third-order valence-corrected chi connectivity index (χ3v) is 5.14. The van der Waals surface area contributed by atoms with Crippen LogP contribution in [0.25, 0.3) is 5.82 Å². The van der Waals surface area contributed by atoms with Crippen molar-refractivity contribution < 1.29 is 4.79 Å². The van der Waals surface area contributed by atoms with E-state index in [1.165, 1.54) is 0 Å². The summed E-state index contributed by atoms with van der Waals surface area (Å²) in [7, 11) is 3.99. The first-order chi connectivity index (χ1) is 14.1. The van der Waals surface area contributed by atoms with Crippen molar-refractivity contribution in [3.05, 3.63) is 54.9 Å². The number of nitrogens with zero attached hydrogens (tertiary/aromatic N) is 6. The number of rotatable bonds is 5. The molecule has 0 spiro atoms. The molecule has 1 saturated heterocycles. The zero-order valence-electron chi connectivity index (χ0n) is 16.7. The van der Waals surface area contributed by atoms with Gasteiger partial charge in [0.05, 0.1) is 5.92 Å². The molecule has 2 aromatic heterocycles. The van der Waals surface area contributed by atoms with E-state index in [0.29, 0.717) is 12.4 Å². The molecule has 0 saturated carbocycles. The molecular weight excluding hydrogens is 366 g/mol. The molecule has 0 aliphatic carbocycles. The lowest BCUT2D eigenvalue weighted by Gasteiger charge is -2.32. The second-order valence-corrected chi connectivity index (χ2v) is 7.42. The summed E-state index contributed by atoms with van der Waals surface area (Å²) in [6, 6.07) is 13.5. The lowest BCUT2D eigenvalue weighted by molar-refractivity contribution is -0.120. The second kappa shape index (κ2) is 8.30. The van der Waals surface area contributed by atoms with Crippen LogP contribution in [0.1, 0.15) is 12.8 Å². The monoisotopic (exact) mass is 391 g/mol. The van der Waals surface area contributed by atoms with Crippen LogP contribution in [0.4, 0.5) is 17.2 Å². The van der Waals surface area contributed by atoms with Gasteiger partial charge in [-0.15, -0.1) is 10.2 Å². The van der Waals surface area contributed by atoms with Gasteiger partial charge in [0.1, 0.15) is 0 Å². The van der Waals surface area contributed by atoms with Crippen molar-refractivity contribution in [3.63, 3.8) is 0 Å². The average molecular weight is 391 g/mol. The zero-order valence-corrected chi connectivity index (χ0v) is 16.7. The first-order valence-corrected chi connectivity index (χ1v) is 9.77. The predicted octanol–water partition coefficient (Wildman–Crippen LogP) is 2.58. The lowest BCUT2D eigenvalue weighted by atomic mass is 9.97. The van der Waals surface area contributed by atoms with E-state index < -0.39 is 0 Å². The third-order valence-electron chi connectivity index (χ3n) is 5.14. The van der Waals surface area contributed by atoms with Crippen LogP contribution in [-0.2, 0) is 4.79 Å². The molecule has 8 heteroatoms. The average Bonchev–Trinajstić information content (AvgIpc) is 3.29. The topological polar surface area (TPSA) is 79.2 Å². The number of hydrogen-bond acceptors (Lipinski definition) is 6. The molecule has 0 radical (unpaired) electrons. The molecule has 150 valence electrons. The Morgan fingerprint density at radius 2 is 1.86 bits per heavy atom. The van der Waals surface area contributed by atoms with Gasteiger partial charge in [-0.25, -0.2) is 4.68 Å². The Hall–Kier alpha value is -3.42. The number of benzene rings is 1. The molecule has 29 heavy (non-hydrogen) atoms. The Labute approximate surface area is 170 Å². The molecule has 3 heterocycles. The minimum atomic E-state index is -0.0788. The number of anilines is 3. The molecule has 1 unspecified atom stereocenters. The first-order valence-electron chi connectivity index (χ1n) is 9.77. The predicted molar refractivity (Wildman–Crippen MR) is 113 cm³/mol. The van der Waals surface area contributed by atoms with Gasteiger partial charge in [-0.1, -0.05) is 0 Å². The fourth-order valence-electron chi connectivity index (χ4n) is 3.50. The molecule has 1 aromatic carbocycles. The number of carbonyl (C=O) groups is 1. The quantitative estimate of drug-likeness (QED) is 0.720. The largest absolute Gasteiger partial charge is 0.378 e. The number of carbonyl (C=O) groups excluding carboxylic acids is 1. The van der Waals surface area contributed by atoms with Gasteiger partial charge < -0.3 is 15.1 Å². The van der Waals surface area contributed by atoms with Gasteiger partial charge in [0.25, 0.3) is 0 Å². The van der Waals surface area contributed by atoms with E-state index in [0.717, 1.165) is 36.6 Å². The Morgan fingerprint density at radius 3 is 2.52 bits per heavy atom. The van der Waals surface area contributed by atoms with Gasteiger partial charge in [-0.05, 0) is 55.3 Å². The zero-order chi connectivity index (χ0) is 20.2. The Morgan fingerprint density at radius 1 is 1.10 bits per heavy atom. The van der Waals surface area contributed by atoms with E-state index in [9.17, 15) is 4.79 Å². The molecule has 1 aliphatic rings. The fourth-order valence-corrected chi connectivity index (χ4v) is 3.50. The number of nitrogens with one attached hydrogen (secondary N) is 1. The van der Waals surface area contributed by atoms with Crippen molar-refractivity contribution in [1.82, 2.24) is 20.0 Å². The van der Waals surface area contributed by atoms with Crippen LogP contribution in [0, 0.1) is 5.92 Å². The molecular formula is C21H25N7O. The van der Waals surface area contributed by atoms with E-state index in [1.54, 1.807) is 10.9 Å². The smallest absolute Gasteiger partial charge is 0.229 e. The van der Waals surface area contributed by atoms with Crippen molar-refractivity contribution in [3.8, 4) is 5.82 Å². The van der Waals surface area contributed by atoms with Gasteiger partial charge in [-0.3, -0.25) is 4.79 Å². The maximum Gasteiger partial charge on any atom is 0.229 e. The second-order valence-electron chi connectivity index (χ2n) is 7.42. The van der Waals surface area contributed by atoms with Gasteiger partial charge in [0.15, 0.2) is 11.6 Å². The molecule has 1 N–H and O–H groups in total. The minimum Gasteiger partial charge on any atom is -0.378 e. The van der Waals surface area contributed by atoms with Crippen LogP contribution >= 0.6 is 0 Å². The summed E-state index contributed by atoms with van der Waals surface area (Å²) in [5, 5.41) is 15.8. The van der Waals surface area contributed by atoms with Crippen LogP contribution in [0.2, 0.25) is 0 Å². The van der Waals surface area contributed by atoms with E-state index in [2.05, 4.69) is 25.5 Å². The molecule has 1 amide bonds. The summed E-state index contributed by atoms with van der Waals surface area (Å²) >= 11 is 0. The summed E-state index contributed by atoms with van der Waals surface area (Å²) in [5.74, 6) is 1.43. The van der Waals surface area contributed by atoms with Crippen LogP contribution < -0.4 is 15.1 Å². The first kappa shape index (κ1) is 18.9. The summed E-state index contributed by atoms with van der Waals surface area (Å²) in [6.07, 6.45) is 5.35. The Kier molecular flexibility index (Phi) is 5.41. The summed E-state index contributed by atoms with van der Waals surface area (Å²) < 4.78 is 1.67. The molecule has 1 fully saturated rings. The normalized spacial score (nSPS) is 16.5. The number of amides is 1. The van der Waals surface area contributed by atoms with Gasteiger partial charge in [0, 0.05) is 51.0 Å². The van der Waals surface area contributed by atoms with Crippen LogP contribution in [0.15, 0.2) is 54.9 Å². The van der Waals surface area contributed by atoms with Gasteiger partial charge in [-0.2, -0.15) is 5.10 Å². The molecule has 0 bridgehead atoms. The highest BCUT2D eigenvalue weighted by Gasteiger charge is 2.27. The van der Waals surface area contributed by atoms with Crippen molar-refractivity contribution in [2.75, 3.05) is 42.3 Å². The minimum absolute atomic E-state index is 0.0495. The van der Waals surface area contributed by atoms with Crippen LogP contribution in [0.5, 0.6) is 0 Å². The Bertz CT molecular complexity index is 936. The molecule has 1 atom stereocenters. The van der Waals surface area contributed by atoms with E-state index in [-0.39, 0.29) is 11.8 Å². The number of hydrogen-bond donors (Lipinski definition) is 1. The van der Waals surface area contributed by atoms with E-state index in [4.69, 9.17) is 0 Å². The number of aromatic nitrogens is 4. The SMILES string of the molecule is CN(C)c1ccc(NC(=O)C2CCCN(c3ccc(-n4cccn4)nn3)C2)cc1. The van der Waals surface area contributed by atoms with Crippen molar-refractivity contribution >= 4 is 23.1 Å². The molecule has 1 aliphatic heterocycles. The third kappa shape index (κ3) is 4.37. The van der Waals surface area contributed by atoms with Crippen molar-refractivity contribution in [2.45, 2.75) is 12.8 Å². The lowest BCUT2D eigenvalue weighted by Crippen LogP contribution is -2.41. The van der Waals surface area contributed by atoms with Crippen LogP contribution in [0.3, 0.4) is 0 Å². The standard InChI is InChI=1S/C21H25N7O/c1-26(2)18-8-6-17(7-9-18)23-21(29)16-5-3-13-27(15-16)19-10-11-20(25-24-19)28-14-4-12-22-28/h4,6-12,14,16H,3,5,13,15H2,1-2H3,(H,23,29). The van der Waals surface area contributed by atoms with E-state index >= 15 is 0 Å². The van der Waals surface area contributed by atoms with Crippen LogP contribution in [-0.4, -0.2) is 53.1 Å². The van der Waals surface area contributed by atoms with Gasteiger partial charge in [0.2, 0.25) is 5.91 Å². The molecule has 8 nitrogen and oxygen atoms in total. The summed E-state index contributed by atoms with van der Waals surface area (Å²) in [6.45, 7) is 1.51. The maximum atomic E-state index is 12.8. The highest BCUT2D eigenvalue weighted by atomic mass is 16.1. The number of piperidine rings is 1. The van der Waals surface area contributed by atoms with Crippen molar-refractivity contribution in [2.24, 2.45) is 5.92 Å². The Balaban J connectivity index is 1.39. The van der Waals surface area contributed by atoms with Crippen molar-refractivity contribution in [1.29, 1.82) is 0 Å². The summed E-state index contributed by atoms with van der Waals surface area (Å²) in [4.78, 5) is 16.9. The maximum absolute atomic E-state index is 12.8. The highest BCUT2D eigenvalue weighted by Crippen LogP contribution is 2.23.